The molecule has 2 aliphatic heterocycles. The molecule has 2 saturated heterocycles. The van der Waals surface area contributed by atoms with E-state index in [0.29, 0.717) is 45.6 Å². The second kappa shape index (κ2) is 8.88. The number of aryl methyl sites for hydroxylation is 1. The highest BCUT2D eigenvalue weighted by atomic mass is 19.1. The molecule has 0 bridgehead atoms. The van der Waals surface area contributed by atoms with Crippen molar-refractivity contribution in [3.8, 4) is 0 Å². The number of halogens is 1. The predicted molar refractivity (Wildman–Crippen MR) is 114 cm³/mol. The minimum absolute atomic E-state index is 0.0666. The molecule has 2 aromatic rings. The number of hydrogen-bond donors (Lipinski definition) is 0. The topological polar surface area (TPSA) is 60.9 Å². The van der Waals surface area contributed by atoms with Gasteiger partial charge in [0.1, 0.15) is 5.82 Å². The minimum atomic E-state index is -0.528. The van der Waals surface area contributed by atoms with Crippen molar-refractivity contribution in [2.75, 3.05) is 26.2 Å². The van der Waals surface area contributed by atoms with Gasteiger partial charge in [0.15, 0.2) is 0 Å². The molecule has 2 aromatic carbocycles. The van der Waals surface area contributed by atoms with Crippen molar-refractivity contribution in [3.63, 3.8) is 0 Å². The minimum Gasteiger partial charge on any atom is -0.338 e. The van der Waals surface area contributed by atoms with Gasteiger partial charge in [-0.3, -0.25) is 14.4 Å². The van der Waals surface area contributed by atoms with Crippen molar-refractivity contribution >= 4 is 17.7 Å². The summed E-state index contributed by atoms with van der Waals surface area (Å²) in [6.45, 7) is 4.28. The van der Waals surface area contributed by atoms with Gasteiger partial charge in [0, 0.05) is 38.8 Å². The average molecular weight is 423 g/mol. The molecule has 0 unspecified atom stereocenters. The van der Waals surface area contributed by atoms with Gasteiger partial charge in [-0.15, -0.1) is 0 Å². The molecule has 2 aliphatic rings. The maximum atomic E-state index is 13.9. The Labute approximate surface area is 181 Å². The number of nitrogens with zero attached hydrogens (tertiary/aromatic N) is 3. The summed E-state index contributed by atoms with van der Waals surface area (Å²) in [7, 11) is 0. The van der Waals surface area contributed by atoms with E-state index in [-0.39, 0.29) is 17.5 Å². The molecule has 0 N–H and O–H groups in total. The SMILES string of the molecule is Cc1ccc(CN2CCN(C3CCN(C(=O)c4ccccc4F)CC3)C(=O)C2=O)cc1. The summed E-state index contributed by atoms with van der Waals surface area (Å²) in [5, 5.41) is 0. The largest absolute Gasteiger partial charge is 0.338 e. The highest BCUT2D eigenvalue weighted by Gasteiger charge is 2.38. The first-order chi connectivity index (χ1) is 14.9. The third-order valence-corrected chi connectivity index (χ3v) is 6.13. The van der Waals surface area contributed by atoms with Crippen LogP contribution in [0.2, 0.25) is 0 Å². The van der Waals surface area contributed by atoms with E-state index in [2.05, 4.69) is 0 Å². The fourth-order valence-corrected chi connectivity index (χ4v) is 4.29. The number of benzene rings is 2. The van der Waals surface area contributed by atoms with Gasteiger partial charge in [0.25, 0.3) is 5.91 Å². The van der Waals surface area contributed by atoms with E-state index < -0.39 is 17.6 Å². The number of likely N-dealkylation sites (tertiary alicyclic amines) is 1. The summed E-state index contributed by atoms with van der Waals surface area (Å²) in [6, 6.07) is 13.8. The van der Waals surface area contributed by atoms with Crippen molar-refractivity contribution in [2.45, 2.75) is 32.4 Å². The van der Waals surface area contributed by atoms with E-state index in [4.69, 9.17) is 0 Å². The Bertz CT molecular complexity index is 984. The molecule has 0 aromatic heterocycles. The van der Waals surface area contributed by atoms with Gasteiger partial charge in [-0.05, 0) is 37.5 Å². The first kappa shape index (κ1) is 21.0. The van der Waals surface area contributed by atoms with Gasteiger partial charge >= 0.3 is 11.8 Å². The van der Waals surface area contributed by atoms with Gasteiger partial charge in [-0.2, -0.15) is 0 Å². The number of amides is 3. The highest BCUT2D eigenvalue weighted by Crippen LogP contribution is 2.22. The van der Waals surface area contributed by atoms with E-state index in [1.807, 2.05) is 31.2 Å². The van der Waals surface area contributed by atoms with Gasteiger partial charge in [-0.25, -0.2) is 4.39 Å². The third-order valence-electron chi connectivity index (χ3n) is 6.13. The van der Waals surface area contributed by atoms with E-state index >= 15 is 0 Å². The fourth-order valence-electron chi connectivity index (χ4n) is 4.29. The quantitative estimate of drug-likeness (QED) is 0.711. The van der Waals surface area contributed by atoms with E-state index in [0.717, 1.165) is 11.1 Å². The highest BCUT2D eigenvalue weighted by molar-refractivity contribution is 6.35. The maximum Gasteiger partial charge on any atom is 0.312 e. The van der Waals surface area contributed by atoms with Gasteiger partial charge in [-0.1, -0.05) is 42.0 Å². The van der Waals surface area contributed by atoms with Crippen molar-refractivity contribution < 1.29 is 18.8 Å². The lowest BCUT2D eigenvalue weighted by molar-refractivity contribution is -0.158. The van der Waals surface area contributed by atoms with Crippen molar-refractivity contribution in [3.05, 3.63) is 71.0 Å². The summed E-state index contributed by atoms with van der Waals surface area (Å²) < 4.78 is 13.9. The molecule has 0 radical (unpaired) electrons. The van der Waals surface area contributed by atoms with Gasteiger partial charge < -0.3 is 14.7 Å². The lowest BCUT2D eigenvalue weighted by Gasteiger charge is -2.42. The maximum absolute atomic E-state index is 13.9. The molecule has 0 saturated carbocycles. The molecule has 6 nitrogen and oxygen atoms in total. The molecule has 0 spiro atoms. The van der Waals surface area contributed by atoms with Crippen molar-refractivity contribution in [2.24, 2.45) is 0 Å². The first-order valence-corrected chi connectivity index (χ1v) is 10.6. The zero-order valence-corrected chi connectivity index (χ0v) is 17.6. The second-order valence-electron chi connectivity index (χ2n) is 8.21. The average Bonchev–Trinajstić information content (AvgIpc) is 2.78. The molecule has 31 heavy (non-hydrogen) atoms. The zero-order valence-electron chi connectivity index (χ0n) is 17.6. The summed E-state index contributed by atoms with van der Waals surface area (Å²) in [4.78, 5) is 42.9. The number of piperidine rings is 1. The number of piperazine rings is 1. The van der Waals surface area contributed by atoms with Crippen LogP contribution >= 0.6 is 0 Å². The molecule has 4 rings (SSSR count). The summed E-state index contributed by atoms with van der Waals surface area (Å²) in [6.07, 6.45) is 1.16. The van der Waals surface area contributed by atoms with Crippen LogP contribution in [-0.4, -0.2) is 64.6 Å². The summed E-state index contributed by atoms with van der Waals surface area (Å²) in [5.41, 5.74) is 2.22. The molecular formula is C24H26FN3O3. The zero-order chi connectivity index (χ0) is 22.0. The van der Waals surface area contributed by atoms with Crippen LogP contribution in [0.25, 0.3) is 0 Å². The van der Waals surface area contributed by atoms with Crippen LogP contribution < -0.4 is 0 Å². The van der Waals surface area contributed by atoms with Crippen LogP contribution in [0.1, 0.15) is 34.3 Å². The van der Waals surface area contributed by atoms with Crippen LogP contribution in [0, 0.1) is 12.7 Å². The predicted octanol–water partition coefficient (Wildman–Crippen LogP) is 2.61. The lowest BCUT2D eigenvalue weighted by Crippen LogP contribution is -2.59. The van der Waals surface area contributed by atoms with E-state index in [1.165, 1.54) is 12.1 Å². The Balaban J connectivity index is 1.34. The molecular weight excluding hydrogens is 397 g/mol. The first-order valence-electron chi connectivity index (χ1n) is 10.6. The molecule has 3 amide bonds. The molecule has 0 aliphatic carbocycles. The Morgan fingerprint density at radius 2 is 1.61 bits per heavy atom. The smallest absolute Gasteiger partial charge is 0.312 e. The Hall–Kier alpha value is -3.22. The van der Waals surface area contributed by atoms with Crippen molar-refractivity contribution in [1.82, 2.24) is 14.7 Å². The fraction of sp³-hybridized carbons (Fsp3) is 0.375. The van der Waals surface area contributed by atoms with E-state index in [1.54, 1.807) is 26.8 Å². The van der Waals surface area contributed by atoms with Crippen LogP contribution in [0.3, 0.4) is 0 Å². The molecule has 2 heterocycles. The van der Waals surface area contributed by atoms with Crippen molar-refractivity contribution in [1.29, 1.82) is 0 Å². The Kier molecular flexibility index (Phi) is 6.02. The van der Waals surface area contributed by atoms with E-state index in [9.17, 15) is 18.8 Å². The van der Waals surface area contributed by atoms with Crippen LogP contribution in [0.5, 0.6) is 0 Å². The molecule has 7 heteroatoms. The second-order valence-corrected chi connectivity index (χ2v) is 8.21. The number of carbonyl (C=O) groups is 3. The van der Waals surface area contributed by atoms with Crippen LogP contribution in [0.15, 0.2) is 48.5 Å². The van der Waals surface area contributed by atoms with Crippen LogP contribution in [0.4, 0.5) is 4.39 Å². The third kappa shape index (κ3) is 4.45. The standard InChI is InChI=1S/C24H26FN3O3/c1-17-6-8-18(9-7-17)16-27-14-15-28(24(31)23(27)30)19-10-12-26(13-11-19)22(29)20-4-2-3-5-21(20)25/h2-9,19H,10-16H2,1H3. The number of rotatable bonds is 4. The van der Waals surface area contributed by atoms with Crippen LogP contribution in [-0.2, 0) is 16.1 Å². The van der Waals surface area contributed by atoms with Gasteiger partial charge in [0.05, 0.1) is 5.56 Å². The normalized spacial score (nSPS) is 17.9. The lowest BCUT2D eigenvalue weighted by atomic mass is 10.0. The number of carbonyl (C=O) groups excluding carboxylic acids is 3. The number of hydrogen-bond acceptors (Lipinski definition) is 3. The molecule has 162 valence electrons. The monoisotopic (exact) mass is 423 g/mol. The Morgan fingerprint density at radius 3 is 2.29 bits per heavy atom. The van der Waals surface area contributed by atoms with Gasteiger partial charge in [0.2, 0.25) is 0 Å². The molecule has 0 atom stereocenters. The Morgan fingerprint density at radius 1 is 0.935 bits per heavy atom. The summed E-state index contributed by atoms with van der Waals surface area (Å²) in [5.74, 6) is -1.81. The summed E-state index contributed by atoms with van der Waals surface area (Å²) >= 11 is 0. The molecule has 2 fully saturated rings.